The van der Waals surface area contributed by atoms with Crippen molar-refractivity contribution in [3.8, 4) is 0 Å². The van der Waals surface area contributed by atoms with Crippen LogP contribution in [0.1, 0.15) is 64.5 Å². The first-order chi connectivity index (χ1) is 13.8. The molecular formula is C24H30N2O3. The number of hydrogen-bond acceptors (Lipinski definition) is 3. The lowest BCUT2D eigenvalue weighted by Crippen LogP contribution is -2.77. The molecule has 1 aromatic heterocycles. The summed E-state index contributed by atoms with van der Waals surface area (Å²) >= 11 is 0. The molecule has 5 aliphatic carbocycles. The molecule has 7 rings (SSSR count). The quantitative estimate of drug-likeness (QED) is 0.792. The molecule has 5 saturated carbocycles. The molecule has 154 valence electrons. The van der Waals surface area contributed by atoms with Crippen LogP contribution in [-0.4, -0.2) is 39.0 Å². The number of carboxylic acids is 1. The Balaban J connectivity index is 1.37. The van der Waals surface area contributed by atoms with Crippen molar-refractivity contribution in [3.63, 3.8) is 0 Å². The fourth-order valence-corrected chi connectivity index (χ4v) is 8.29. The van der Waals surface area contributed by atoms with Gasteiger partial charge in [-0.25, -0.2) is 0 Å². The van der Waals surface area contributed by atoms with Gasteiger partial charge in [-0.1, -0.05) is 6.07 Å². The lowest BCUT2D eigenvalue weighted by molar-refractivity contribution is -0.205. The van der Waals surface area contributed by atoms with Gasteiger partial charge in [0, 0.05) is 23.3 Å². The third-order valence-corrected chi connectivity index (χ3v) is 9.23. The molecule has 4 bridgehead atoms. The van der Waals surface area contributed by atoms with Crippen LogP contribution >= 0.6 is 0 Å². The molecule has 0 radical (unpaired) electrons. The summed E-state index contributed by atoms with van der Waals surface area (Å²) in [5.74, 6) is 0.896. The van der Waals surface area contributed by atoms with Crippen LogP contribution in [0.15, 0.2) is 24.4 Å². The number of carbonyl (C=O) groups excluding carboxylic acids is 1. The maximum atomic E-state index is 13.4. The minimum Gasteiger partial charge on any atom is -0.481 e. The summed E-state index contributed by atoms with van der Waals surface area (Å²) in [5, 5.41) is 9.96. The monoisotopic (exact) mass is 394 g/mol. The molecule has 0 spiro atoms. The Morgan fingerprint density at radius 1 is 1.14 bits per heavy atom. The van der Waals surface area contributed by atoms with Gasteiger partial charge in [-0.2, -0.15) is 0 Å². The van der Waals surface area contributed by atoms with Crippen LogP contribution in [-0.2, 0) is 15.0 Å². The average molecular weight is 395 g/mol. The van der Waals surface area contributed by atoms with Gasteiger partial charge >= 0.3 is 5.97 Å². The first-order valence-electron chi connectivity index (χ1n) is 11.3. The summed E-state index contributed by atoms with van der Waals surface area (Å²) in [6, 6.07) is 6.55. The van der Waals surface area contributed by atoms with Gasteiger partial charge in [-0.05, 0) is 88.7 Å². The average Bonchev–Trinajstić information content (AvgIpc) is 3.47. The van der Waals surface area contributed by atoms with Crippen molar-refractivity contribution in [1.82, 2.24) is 9.88 Å². The molecule has 2 heterocycles. The number of rotatable bonds is 4. The summed E-state index contributed by atoms with van der Waals surface area (Å²) in [7, 11) is 0. The van der Waals surface area contributed by atoms with Gasteiger partial charge in [-0.15, -0.1) is 0 Å². The van der Waals surface area contributed by atoms with Crippen LogP contribution in [0, 0.1) is 28.6 Å². The van der Waals surface area contributed by atoms with Crippen molar-refractivity contribution >= 4 is 11.9 Å². The zero-order valence-corrected chi connectivity index (χ0v) is 17.3. The van der Waals surface area contributed by atoms with Crippen LogP contribution in [0.4, 0.5) is 0 Å². The fourth-order valence-electron chi connectivity index (χ4n) is 8.29. The highest BCUT2D eigenvalue weighted by atomic mass is 16.4. The highest BCUT2D eigenvalue weighted by molar-refractivity contribution is 5.91. The molecule has 6 aliphatic rings. The second-order valence-corrected chi connectivity index (χ2v) is 11.3. The molecule has 3 atom stereocenters. The van der Waals surface area contributed by atoms with Crippen molar-refractivity contribution in [3.05, 3.63) is 30.1 Å². The van der Waals surface area contributed by atoms with E-state index < -0.39 is 11.4 Å². The van der Waals surface area contributed by atoms with E-state index in [2.05, 4.69) is 30.9 Å². The molecule has 6 fully saturated rings. The van der Waals surface area contributed by atoms with Gasteiger partial charge in [-0.3, -0.25) is 14.6 Å². The van der Waals surface area contributed by atoms with Gasteiger partial charge < -0.3 is 10.0 Å². The first-order valence-corrected chi connectivity index (χ1v) is 11.3. The van der Waals surface area contributed by atoms with Crippen LogP contribution < -0.4 is 0 Å². The number of β-lactam (4-membered cyclic amide) rings is 1. The third-order valence-electron chi connectivity index (χ3n) is 9.23. The number of aliphatic carboxylic acids is 1. The Kier molecular flexibility index (Phi) is 3.34. The molecule has 1 aromatic rings. The number of aromatic nitrogens is 1. The largest absolute Gasteiger partial charge is 0.481 e. The van der Waals surface area contributed by atoms with Gasteiger partial charge in [0.15, 0.2) is 0 Å². The summed E-state index contributed by atoms with van der Waals surface area (Å²) in [5.41, 5.74) is 0.219. The van der Waals surface area contributed by atoms with Gasteiger partial charge in [0.2, 0.25) is 5.91 Å². The lowest BCUT2D eigenvalue weighted by Gasteiger charge is -2.67. The molecule has 3 unspecified atom stereocenters. The van der Waals surface area contributed by atoms with Gasteiger partial charge in [0.1, 0.15) is 0 Å². The third kappa shape index (κ3) is 2.14. The van der Waals surface area contributed by atoms with E-state index >= 15 is 0 Å². The molecule has 1 N–H and O–H groups in total. The van der Waals surface area contributed by atoms with E-state index in [1.165, 1.54) is 0 Å². The smallest absolute Gasteiger partial charge is 0.309 e. The number of likely N-dealkylation sites (tertiary alicyclic amines) is 1. The maximum Gasteiger partial charge on any atom is 0.309 e. The Labute approximate surface area is 171 Å². The molecule has 0 aromatic carbocycles. The first kappa shape index (κ1) is 17.9. The number of pyridine rings is 1. The van der Waals surface area contributed by atoms with E-state index in [0.717, 1.165) is 50.6 Å². The molecular weight excluding hydrogens is 364 g/mol. The van der Waals surface area contributed by atoms with Gasteiger partial charge in [0.25, 0.3) is 0 Å². The zero-order chi connectivity index (χ0) is 20.2. The highest BCUT2D eigenvalue weighted by Crippen LogP contribution is 2.66. The molecule has 5 nitrogen and oxygen atoms in total. The normalized spacial score (nSPS) is 43.2. The molecule has 1 amide bonds. The summed E-state index contributed by atoms with van der Waals surface area (Å²) < 4.78 is 0. The van der Waals surface area contributed by atoms with Crippen LogP contribution in [0.3, 0.4) is 0 Å². The lowest BCUT2D eigenvalue weighted by atomic mass is 9.46. The van der Waals surface area contributed by atoms with E-state index in [0.29, 0.717) is 17.8 Å². The Morgan fingerprint density at radius 3 is 2.38 bits per heavy atom. The second-order valence-electron chi connectivity index (χ2n) is 11.3. The van der Waals surface area contributed by atoms with E-state index in [9.17, 15) is 14.7 Å². The predicted octanol–water partition coefficient (Wildman–Crippen LogP) is 3.63. The molecule has 1 saturated heterocycles. The Morgan fingerprint density at radius 2 is 1.83 bits per heavy atom. The van der Waals surface area contributed by atoms with E-state index in [-0.39, 0.29) is 28.8 Å². The van der Waals surface area contributed by atoms with Crippen molar-refractivity contribution in [2.45, 2.75) is 76.3 Å². The van der Waals surface area contributed by atoms with E-state index in [1.54, 1.807) is 0 Å². The van der Waals surface area contributed by atoms with Crippen LogP contribution in [0.5, 0.6) is 0 Å². The molecule has 1 aliphatic heterocycles. The number of amides is 1. The summed E-state index contributed by atoms with van der Waals surface area (Å²) in [4.78, 5) is 32.5. The zero-order valence-electron chi connectivity index (χ0n) is 17.3. The number of carbonyl (C=O) groups is 2. The Hall–Kier alpha value is -1.91. The van der Waals surface area contributed by atoms with Crippen molar-refractivity contribution in [2.75, 3.05) is 0 Å². The number of hydrogen-bond donors (Lipinski definition) is 1. The van der Waals surface area contributed by atoms with Gasteiger partial charge in [0.05, 0.1) is 16.9 Å². The Bertz CT molecular complexity index is 875. The second kappa shape index (κ2) is 5.41. The van der Waals surface area contributed by atoms with Crippen LogP contribution in [0.2, 0.25) is 0 Å². The van der Waals surface area contributed by atoms with E-state index in [1.807, 2.05) is 12.3 Å². The van der Waals surface area contributed by atoms with Crippen molar-refractivity contribution in [2.24, 2.45) is 28.6 Å². The minimum atomic E-state index is -0.602. The van der Waals surface area contributed by atoms with Crippen LogP contribution in [0.25, 0.3) is 0 Å². The molecule has 5 heteroatoms. The summed E-state index contributed by atoms with van der Waals surface area (Å²) in [6.45, 7) is 4.21. The predicted molar refractivity (Wildman–Crippen MR) is 107 cm³/mol. The molecule has 29 heavy (non-hydrogen) atoms. The number of nitrogens with zero attached hydrogens (tertiary/aromatic N) is 2. The summed E-state index contributed by atoms with van der Waals surface area (Å²) in [6.07, 6.45) is 8.61. The standard InChI is InChI=1S/C24H30N2O3/c1-22(2)19(24(6-7-24)17-5-3-4-8-25-17)26(20(22)27)18-15-9-14-10-16(18)13-23(11-14,12-15)21(28)29/h3-5,8,14-16,18-19H,6-7,9-13H2,1-2H3,(H,28,29). The van der Waals surface area contributed by atoms with E-state index in [4.69, 9.17) is 4.98 Å². The highest BCUT2D eigenvalue weighted by Gasteiger charge is 2.72. The van der Waals surface area contributed by atoms with Crippen molar-refractivity contribution < 1.29 is 14.7 Å². The van der Waals surface area contributed by atoms with Crippen molar-refractivity contribution in [1.29, 1.82) is 0 Å². The number of carboxylic acid groups (broad SMARTS) is 1. The minimum absolute atomic E-state index is 0.0161. The SMILES string of the molecule is CC1(C)C(=O)N(C2C3CC4CC2CC(C(=O)O)(C4)C3)C1C1(c2ccccn2)CC1. The maximum absolute atomic E-state index is 13.4. The fraction of sp³-hybridized carbons (Fsp3) is 0.708. The topological polar surface area (TPSA) is 70.5 Å².